The molecular weight excluding hydrogens is 254 g/mol. The van der Waals surface area contributed by atoms with Gasteiger partial charge in [0.1, 0.15) is 11.0 Å². The number of benzene rings is 1. The first kappa shape index (κ1) is 12.3. The maximum Gasteiger partial charge on any atom is 0.128 e. The van der Waals surface area contributed by atoms with Gasteiger partial charge in [-0.25, -0.2) is 4.98 Å². The molecule has 90 valence electrons. The largest absolute Gasteiger partial charge is 0.377 e. The minimum atomic E-state index is 0.653. The van der Waals surface area contributed by atoms with E-state index in [0.29, 0.717) is 11.7 Å². The summed E-state index contributed by atoms with van der Waals surface area (Å²) in [5.41, 5.74) is 1.12. The second kappa shape index (κ2) is 5.47. The van der Waals surface area contributed by atoms with Crippen LogP contribution in [0.4, 0.5) is 5.69 Å². The van der Waals surface area contributed by atoms with Crippen molar-refractivity contribution in [3.63, 3.8) is 0 Å². The zero-order chi connectivity index (χ0) is 12.3. The molecule has 0 unspecified atom stereocenters. The lowest BCUT2D eigenvalue weighted by Crippen LogP contribution is -2.06. The van der Waals surface area contributed by atoms with E-state index in [9.17, 15) is 0 Å². The lowest BCUT2D eigenvalue weighted by Gasteiger charge is -2.10. The normalized spacial score (nSPS) is 10.5. The Hall–Kier alpha value is -1.13. The third-order valence-electron chi connectivity index (χ3n) is 2.57. The highest BCUT2D eigenvalue weighted by atomic mass is 35.5. The average Bonchev–Trinajstić information content (AvgIpc) is 2.68. The molecule has 0 spiro atoms. The molecule has 0 aliphatic carbocycles. The minimum Gasteiger partial charge on any atom is -0.377 e. The summed E-state index contributed by atoms with van der Waals surface area (Å²) in [6, 6.07) is 8.22. The van der Waals surface area contributed by atoms with E-state index in [2.05, 4.69) is 28.7 Å². The highest BCUT2D eigenvalue weighted by Gasteiger charge is 2.05. The minimum absolute atomic E-state index is 0.653. The number of imidazole rings is 1. The third kappa shape index (κ3) is 2.76. The Morgan fingerprint density at radius 2 is 2.18 bits per heavy atom. The van der Waals surface area contributed by atoms with E-state index in [4.69, 9.17) is 11.6 Å². The van der Waals surface area contributed by atoms with Gasteiger partial charge in [0.15, 0.2) is 0 Å². The Balaban J connectivity index is 2.10. The number of anilines is 1. The topological polar surface area (TPSA) is 29.9 Å². The van der Waals surface area contributed by atoms with Crippen molar-refractivity contribution in [3.05, 3.63) is 41.4 Å². The van der Waals surface area contributed by atoms with E-state index in [-0.39, 0.29) is 0 Å². The molecule has 1 heterocycles. The maximum absolute atomic E-state index is 5.94. The second-order valence-electron chi connectivity index (χ2n) is 3.61. The van der Waals surface area contributed by atoms with Crippen molar-refractivity contribution in [1.29, 1.82) is 0 Å². The van der Waals surface area contributed by atoms with Crippen LogP contribution in [0.25, 0.3) is 0 Å². The highest BCUT2D eigenvalue weighted by Crippen LogP contribution is 2.25. The first-order valence-corrected chi connectivity index (χ1v) is 6.85. The molecule has 0 saturated heterocycles. The lowest BCUT2D eigenvalue weighted by molar-refractivity contribution is 0.812. The molecule has 1 aromatic heterocycles. The number of thioether (sulfide) groups is 1. The fourth-order valence-electron chi connectivity index (χ4n) is 1.55. The molecule has 2 rings (SSSR count). The number of para-hydroxylation sites is 1. The smallest absolute Gasteiger partial charge is 0.128 e. The number of halogens is 1. The quantitative estimate of drug-likeness (QED) is 0.861. The zero-order valence-corrected chi connectivity index (χ0v) is 11.3. The van der Waals surface area contributed by atoms with Crippen LogP contribution < -0.4 is 5.32 Å². The monoisotopic (exact) mass is 267 g/mol. The number of rotatable bonds is 4. The van der Waals surface area contributed by atoms with Gasteiger partial charge in [-0.1, -0.05) is 23.7 Å². The number of hydrogen-bond acceptors (Lipinski definition) is 3. The number of hydrogen-bond donors (Lipinski definition) is 1. The molecule has 1 aromatic carbocycles. The molecule has 0 amide bonds. The van der Waals surface area contributed by atoms with E-state index in [1.807, 2.05) is 23.7 Å². The second-order valence-corrected chi connectivity index (χ2v) is 4.85. The van der Waals surface area contributed by atoms with Crippen molar-refractivity contribution in [2.24, 2.45) is 7.05 Å². The van der Waals surface area contributed by atoms with Crippen LogP contribution >= 0.6 is 23.4 Å². The predicted octanol–water partition coefficient (Wildman–Crippen LogP) is 3.41. The summed E-state index contributed by atoms with van der Waals surface area (Å²) in [6.45, 7) is 0.667. The fourth-order valence-corrected chi connectivity index (χ4v) is 2.27. The van der Waals surface area contributed by atoms with E-state index in [1.54, 1.807) is 18.0 Å². The van der Waals surface area contributed by atoms with Gasteiger partial charge in [0.2, 0.25) is 0 Å². The van der Waals surface area contributed by atoms with Crippen LogP contribution in [0.15, 0.2) is 35.4 Å². The maximum atomic E-state index is 5.94. The van der Waals surface area contributed by atoms with E-state index in [0.717, 1.165) is 11.5 Å². The Kier molecular flexibility index (Phi) is 3.97. The van der Waals surface area contributed by atoms with E-state index in [1.165, 1.54) is 4.90 Å². The third-order valence-corrected chi connectivity index (χ3v) is 3.72. The number of nitrogens with zero attached hydrogens (tertiary/aromatic N) is 2. The van der Waals surface area contributed by atoms with Crippen LogP contribution in [-0.4, -0.2) is 15.8 Å². The number of nitrogens with one attached hydrogen (secondary N) is 1. The summed E-state index contributed by atoms with van der Waals surface area (Å²) >= 11 is 7.66. The molecule has 0 radical (unpaired) electrons. The lowest BCUT2D eigenvalue weighted by atomic mass is 10.3. The van der Waals surface area contributed by atoms with Gasteiger partial charge in [0, 0.05) is 17.6 Å². The van der Waals surface area contributed by atoms with Gasteiger partial charge < -0.3 is 9.88 Å². The van der Waals surface area contributed by atoms with Crippen LogP contribution in [0.5, 0.6) is 0 Å². The summed E-state index contributed by atoms with van der Waals surface area (Å²) in [4.78, 5) is 5.48. The Labute approximate surface area is 110 Å². The average molecular weight is 268 g/mol. The van der Waals surface area contributed by atoms with Gasteiger partial charge in [0.25, 0.3) is 0 Å². The van der Waals surface area contributed by atoms with Crippen molar-refractivity contribution in [2.75, 3.05) is 11.6 Å². The first-order chi connectivity index (χ1) is 8.22. The highest BCUT2D eigenvalue weighted by molar-refractivity contribution is 7.98. The van der Waals surface area contributed by atoms with Crippen molar-refractivity contribution in [1.82, 2.24) is 9.55 Å². The molecule has 0 bridgehead atoms. The molecule has 0 saturated carbocycles. The molecule has 17 heavy (non-hydrogen) atoms. The zero-order valence-electron chi connectivity index (χ0n) is 9.77. The summed E-state index contributed by atoms with van der Waals surface area (Å²) in [6.07, 6.45) is 3.73. The van der Waals surface area contributed by atoms with Crippen molar-refractivity contribution in [3.8, 4) is 0 Å². The van der Waals surface area contributed by atoms with Crippen LogP contribution in [0.1, 0.15) is 5.82 Å². The molecule has 0 aliphatic rings. The van der Waals surface area contributed by atoms with Crippen LogP contribution in [0, 0.1) is 0 Å². The van der Waals surface area contributed by atoms with E-state index >= 15 is 0 Å². The van der Waals surface area contributed by atoms with Crippen molar-refractivity contribution >= 4 is 29.1 Å². The molecular formula is C12H14ClN3S. The standard InChI is InChI=1S/C12H14ClN3S/c1-16-11(13)7-15-12(16)8-14-9-5-3-4-6-10(9)17-2/h3-7,14H,8H2,1-2H3. The van der Waals surface area contributed by atoms with Gasteiger partial charge in [-0.15, -0.1) is 11.8 Å². The molecule has 3 nitrogen and oxygen atoms in total. The first-order valence-electron chi connectivity index (χ1n) is 5.25. The van der Waals surface area contributed by atoms with Crippen LogP contribution in [0.3, 0.4) is 0 Å². The summed E-state index contributed by atoms with van der Waals surface area (Å²) in [7, 11) is 1.91. The fraction of sp³-hybridized carbons (Fsp3) is 0.250. The van der Waals surface area contributed by atoms with Crippen molar-refractivity contribution in [2.45, 2.75) is 11.4 Å². The van der Waals surface area contributed by atoms with Gasteiger partial charge in [0.05, 0.1) is 12.7 Å². The summed E-state index contributed by atoms with van der Waals surface area (Å²) in [5, 5.41) is 4.02. The van der Waals surface area contributed by atoms with Crippen molar-refractivity contribution < 1.29 is 0 Å². The van der Waals surface area contributed by atoms with Crippen LogP contribution in [0.2, 0.25) is 5.15 Å². The molecule has 0 aliphatic heterocycles. The SMILES string of the molecule is CSc1ccccc1NCc1ncc(Cl)n1C. The van der Waals surface area contributed by atoms with E-state index < -0.39 is 0 Å². The summed E-state index contributed by atoms with van der Waals surface area (Å²) < 4.78 is 1.87. The molecule has 0 fully saturated rings. The Morgan fingerprint density at radius 3 is 2.82 bits per heavy atom. The van der Waals surface area contributed by atoms with Crippen LogP contribution in [-0.2, 0) is 13.6 Å². The summed E-state index contributed by atoms with van der Waals surface area (Å²) in [5.74, 6) is 0.922. The van der Waals surface area contributed by atoms with Gasteiger partial charge >= 0.3 is 0 Å². The molecule has 1 N–H and O–H groups in total. The molecule has 0 atom stereocenters. The van der Waals surface area contributed by atoms with Gasteiger partial charge in [-0.3, -0.25) is 0 Å². The van der Waals surface area contributed by atoms with Gasteiger partial charge in [-0.05, 0) is 18.4 Å². The predicted molar refractivity (Wildman–Crippen MR) is 73.8 cm³/mol. The van der Waals surface area contributed by atoms with Gasteiger partial charge in [-0.2, -0.15) is 0 Å². The molecule has 2 aromatic rings. The Bertz CT molecular complexity index is 510. The Morgan fingerprint density at radius 1 is 1.41 bits per heavy atom. The molecule has 5 heteroatoms. The number of aromatic nitrogens is 2.